The van der Waals surface area contributed by atoms with Gasteiger partial charge < -0.3 is 4.98 Å². The highest BCUT2D eigenvalue weighted by atomic mass is 14.7. The average molecular weight is 185 g/mol. The number of hydrogen-bond donors (Lipinski definition) is 1. The van der Waals surface area contributed by atoms with Gasteiger partial charge in [0.05, 0.1) is 0 Å². The molecule has 1 aromatic carbocycles. The minimum absolute atomic E-state index is 1.16. The van der Waals surface area contributed by atoms with Gasteiger partial charge in [-0.1, -0.05) is 37.6 Å². The van der Waals surface area contributed by atoms with E-state index in [1.54, 1.807) is 0 Å². The minimum Gasteiger partial charge on any atom is -0.361 e. The van der Waals surface area contributed by atoms with E-state index in [0.29, 0.717) is 0 Å². The highest BCUT2D eigenvalue weighted by molar-refractivity contribution is 5.81. The van der Waals surface area contributed by atoms with E-state index in [2.05, 4.69) is 48.3 Å². The number of hydrogen-bond acceptors (Lipinski definition) is 0. The number of aromatic amines is 1. The molecule has 0 radical (unpaired) electrons. The first-order valence-electron chi connectivity index (χ1n) is 5.14. The van der Waals surface area contributed by atoms with Crippen molar-refractivity contribution in [2.75, 3.05) is 0 Å². The molecule has 14 heavy (non-hydrogen) atoms. The Hall–Kier alpha value is -1.50. The lowest BCUT2D eigenvalue weighted by Crippen LogP contribution is -1.72. The number of unbranched alkanes of at least 4 members (excludes halogenated alkanes) is 1. The van der Waals surface area contributed by atoms with Crippen molar-refractivity contribution in [3.8, 4) is 0 Å². The third-order valence-corrected chi connectivity index (χ3v) is 2.34. The lowest BCUT2D eigenvalue weighted by atomic mass is 10.1. The molecule has 0 amide bonds. The van der Waals surface area contributed by atoms with Crippen molar-refractivity contribution in [1.82, 2.24) is 4.98 Å². The van der Waals surface area contributed by atoms with E-state index in [9.17, 15) is 0 Å². The smallest absolute Gasteiger partial charge is 0.0459 e. The quantitative estimate of drug-likeness (QED) is 0.744. The van der Waals surface area contributed by atoms with Crippen LogP contribution in [0.15, 0.2) is 36.5 Å². The van der Waals surface area contributed by atoms with Crippen LogP contribution in [0.1, 0.15) is 25.3 Å². The number of aromatic nitrogens is 1. The summed E-state index contributed by atoms with van der Waals surface area (Å²) in [6.07, 6.45) is 8.75. The second-order valence-corrected chi connectivity index (χ2v) is 3.52. The minimum atomic E-state index is 1.16. The summed E-state index contributed by atoms with van der Waals surface area (Å²) >= 11 is 0. The maximum absolute atomic E-state index is 3.22. The molecule has 1 heteroatoms. The van der Waals surface area contributed by atoms with E-state index >= 15 is 0 Å². The lowest BCUT2D eigenvalue weighted by Gasteiger charge is -1.94. The molecule has 72 valence electrons. The van der Waals surface area contributed by atoms with Crippen LogP contribution in [0.4, 0.5) is 0 Å². The monoisotopic (exact) mass is 185 g/mol. The van der Waals surface area contributed by atoms with Crippen molar-refractivity contribution in [3.63, 3.8) is 0 Å². The van der Waals surface area contributed by atoms with Crippen molar-refractivity contribution in [2.45, 2.75) is 19.8 Å². The van der Waals surface area contributed by atoms with Crippen LogP contribution >= 0.6 is 0 Å². The molecule has 0 spiro atoms. The van der Waals surface area contributed by atoms with Crippen LogP contribution in [0.3, 0.4) is 0 Å². The Morgan fingerprint density at radius 1 is 1.29 bits per heavy atom. The molecule has 0 saturated heterocycles. The van der Waals surface area contributed by atoms with Crippen LogP contribution in [0, 0.1) is 0 Å². The van der Waals surface area contributed by atoms with Gasteiger partial charge in [0.2, 0.25) is 0 Å². The molecule has 0 fully saturated rings. The molecule has 2 rings (SSSR count). The highest BCUT2D eigenvalue weighted by Crippen LogP contribution is 2.15. The van der Waals surface area contributed by atoms with Crippen LogP contribution in [0.2, 0.25) is 0 Å². The number of rotatable bonds is 3. The summed E-state index contributed by atoms with van der Waals surface area (Å²) in [5.74, 6) is 0. The predicted molar refractivity (Wildman–Crippen MR) is 62.2 cm³/mol. The van der Waals surface area contributed by atoms with E-state index in [4.69, 9.17) is 0 Å². The third-order valence-electron chi connectivity index (χ3n) is 2.34. The fraction of sp³-hybridized carbons (Fsp3) is 0.231. The van der Waals surface area contributed by atoms with E-state index in [-0.39, 0.29) is 0 Å². The summed E-state index contributed by atoms with van der Waals surface area (Å²) in [5.41, 5.74) is 2.48. The largest absolute Gasteiger partial charge is 0.361 e. The van der Waals surface area contributed by atoms with E-state index < -0.39 is 0 Å². The molecule has 0 unspecified atom stereocenters. The van der Waals surface area contributed by atoms with Crippen LogP contribution in [0.25, 0.3) is 17.0 Å². The number of fused-ring (bicyclic) bond motifs is 1. The highest BCUT2D eigenvalue weighted by Gasteiger charge is 1.93. The second kappa shape index (κ2) is 4.14. The predicted octanol–water partition coefficient (Wildman–Crippen LogP) is 3.98. The van der Waals surface area contributed by atoms with Crippen LogP contribution < -0.4 is 0 Å². The van der Waals surface area contributed by atoms with Gasteiger partial charge >= 0.3 is 0 Å². The fourth-order valence-corrected chi connectivity index (χ4v) is 1.56. The Bertz CT molecular complexity index is 437. The zero-order valence-electron chi connectivity index (χ0n) is 8.46. The second-order valence-electron chi connectivity index (χ2n) is 3.52. The van der Waals surface area contributed by atoms with Gasteiger partial charge in [-0.05, 0) is 29.5 Å². The molecule has 1 aromatic heterocycles. The average Bonchev–Trinajstić information content (AvgIpc) is 2.65. The maximum atomic E-state index is 3.22. The van der Waals surface area contributed by atoms with Crippen molar-refractivity contribution < 1.29 is 0 Å². The van der Waals surface area contributed by atoms with Gasteiger partial charge in [0.1, 0.15) is 0 Å². The zero-order chi connectivity index (χ0) is 9.80. The SMILES string of the molecule is CCC/C=C\c1ccc2cc[nH]c2c1. The Labute approximate surface area is 84.5 Å². The van der Waals surface area contributed by atoms with E-state index in [0.717, 1.165) is 6.42 Å². The molecule has 0 aliphatic heterocycles. The first-order chi connectivity index (χ1) is 6.90. The standard InChI is InChI=1S/C13H15N/c1-2-3-4-5-11-6-7-12-8-9-14-13(12)10-11/h4-10,14H,2-3H2,1H3/b5-4-. The topological polar surface area (TPSA) is 15.8 Å². The van der Waals surface area contributed by atoms with Gasteiger partial charge in [0, 0.05) is 11.7 Å². The molecule has 0 aliphatic carbocycles. The van der Waals surface area contributed by atoms with Crippen LogP contribution in [0.5, 0.6) is 0 Å². The molecule has 0 saturated carbocycles. The van der Waals surface area contributed by atoms with Gasteiger partial charge in [-0.25, -0.2) is 0 Å². The molecule has 1 heterocycles. The number of allylic oxidation sites excluding steroid dienone is 1. The number of benzene rings is 1. The lowest BCUT2D eigenvalue weighted by molar-refractivity contribution is 0.962. The van der Waals surface area contributed by atoms with E-state index in [1.807, 2.05) is 6.20 Å². The molecule has 1 N–H and O–H groups in total. The first kappa shape index (κ1) is 9.07. The Kier molecular flexibility index (Phi) is 2.68. The van der Waals surface area contributed by atoms with E-state index in [1.165, 1.54) is 22.9 Å². The normalized spacial score (nSPS) is 11.5. The molecule has 0 atom stereocenters. The van der Waals surface area contributed by atoms with Crippen molar-refractivity contribution in [3.05, 3.63) is 42.1 Å². The first-order valence-corrected chi connectivity index (χ1v) is 5.14. The third kappa shape index (κ3) is 1.87. The van der Waals surface area contributed by atoms with Crippen molar-refractivity contribution in [2.24, 2.45) is 0 Å². The summed E-state index contributed by atoms with van der Waals surface area (Å²) in [6, 6.07) is 8.58. The van der Waals surface area contributed by atoms with Gasteiger partial charge in [0.25, 0.3) is 0 Å². The molecule has 2 aromatic rings. The molecular formula is C13H15N. The Morgan fingerprint density at radius 3 is 3.07 bits per heavy atom. The molecule has 1 nitrogen and oxygen atoms in total. The molecular weight excluding hydrogens is 170 g/mol. The number of H-pyrrole nitrogens is 1. The van der Waals surface area contributed by atoms with Gasteiger partial charge in [-0.15, -0.1) is 0 Å². The number of nitrogens with one attached hydrogen (secondary N) is 1. The summed E-state index contributed by atoms with van der Waals surface area (Å²) in [6.45, 7) is 2.19. The zero-order valence-corrected chi connectivity index (χ0v) is 8.46. The van der Waals surface area contributed by atoms with Crippen LogP contribution in [-0.4, -0.2) is 4.98 Å². The van der Waals surface area contributed by atoms with Gasteiger partial charge in [-0.2, -0.15) is 0 Å². The van der Waals surface area contributed by atoms with Crippen molar-refractivity contribution in [1.29, 1.82) is 0 Å². The Morgan fingerprint density at radius 2 is 2.21 bits per heavy atom. The summed E-state index contributed by atoms with van der Waals surface area (Å²) in [7, 11) is 0. The van der Waals surface area contributed by atoms with Crippen molar-refractivity contribution >= 4 is 17.0 Å². The maximum Gasteiger partial charge on any atom is 0.0459 e. The molecule has 0 aliphatic rings. The summed E-state index contributed by atoms with van der Waals surface area (Å²) in [4.78, 5) is 3.22. The van der Waals surface area contributed by atoms with Crippen LogP contribution in [-0.2, 0) is 0 Å². The van der Waals surface area contributed by atoms with Gasteiger partial charge in [-0.3, -0.25) is 0 Å². The molecule has 0 bridgehead atoms. The summed E-state index contributed by atoms with van der Waals surface area (Å²) in [5, 5.41) is 1.28. The summed E-state index contributed by atoms with van der Waals surface area (Å²) < 4.78 is 0. The fourth-order valence-electron chi connectivity index (χ4n) is 1.56. The Balaban J connectivity index is 2.25. The van der Waals surface area contributed by atoms with Gasteiger partial charge in [0.15, 0.2) is 0 Å².